The Morgan fingerprint density at radius 2 is 2.60 bits per heavy atom. The van der Waals surface area contributed by atoms with Crippen molar-refractivity contribution in [1.82, 2.24) is 10.3 Å². The van der Waals surface area contributed by atoms with Gasteiger partial charge in [0.05, 0.1) is 4.88 Å². The van der Waals surface area contributed by atoms with Crippen LogP contribution in [-0.2, 0) is 0 Å². The van der Waals surface area contributed by atoms with Crippen LogP contribution in [0.2, 0.25) is 0 Å². The van der Waals surface area contributed by atoms with Crippen LogP contribution >= 0.6 is 11.3 Å². The zero-order valence-electron chi connectivity index (χ0n) is 5.66. The van der Waals surface area contributed by atoms with Gasteiger partial charge in [0, 0.05) is 13.2 Å². The van der Waals surface area contributed by atoms with Crippen molar-refractivity contribution in [2.75, 3.05) is 12.8 Å². The number of hydrogen-bond donors (Lipinski definition) is 2. The largest absolute Gasteiger partial charge is 0.394 e. The van der Waals surface area contributed by atoms with Gasteiger partial charge in [0.2, 0.25) is 0 Å². The van der Waals surface area contributed by atoms with Gasteiger partial charge in [0.15, 0.2) is 5.13 Å². The van der Waals surface area contributed by atoms with Crippen molar-refractivity contribution in [3.63, 3.8) is 0 Å². The van der Waals surface area contributed by atoms with Crippen LogP contribution in [0.1, 0.15) is 4.88 Å². The maximum atomic E-state index is 5.40. The van der Waals surface area contributed by atoms with E-state index in [0.29, 0.717) is 5.13 Å². The minimum Gasteiger partial charge on any atom is -0.394 e. The summed E-state index contributed by atoms with van der Waals surface area (Å²) in [5, 5.41) is 3.49. The maximum Gasteiger partial charge on any atom is 0.180 e. The van der Waals surface area contributed by atoms with Crippen LogP contribution in [0.5, 0.6) is 0 Å². The zero-order valence-corrected chi connectivity index (χ0v) is 6.48. The number of nitrogens with two attached hydrogens (primary N) is 1. The van der Waals surface area contributed by atoms with Crippen molar-refractivity contribution >= 4 is 22.5 Å². The SMILES string of the molecule is CN/C=C/c1cnc(N)s1. The molecule has 0 unspecified atom stereocenters. The number of nitrogens with one attached hydrogen (secondary N) is 1. The first-order valence-electron chi connectivity index (χ1n) is 2.88. The molecule has 0 aromatic carbocycles. The highest BCUT2D eigenvalue weighted by Gasteiger charge is 1.90. The van der Waals surface area contributed by atoms with E-state index in [9.17, 15) is 0 Å². The number of aromatic nitrogens is 1. The highest BCUT2D eigenvalue weighted by Crippen LogP contribution is 2.14. The van der Waals surface area contributed by atoms with Gasteiger partial charge < -0.3 is 11.1 Å². The van der Waals surface area contributed by atoms with E-state index in [1.54, 1.807) is 6.20 Å². The molecule has 0 fully saturated rings. The monoisotopic (exact) mass is 155 g/mol. The molecule has 0 radical (unpaired) electrons. The van der Waals surface area contributed by atoms with E-state index in [2.05, 4.69) is 10.3 Å². The van der Waals surface area contributed by atoms with Gasteiger partial charge in [-0.05, 0) is 12.3 Å². The molecule has 10 heavy (non-hydrogen) atoms. The van der Waals surface area contributed by atoms with Crippen molar-refractivity contribution in [2.24, 2.45) is 0 Å². The molecule has 1 heterocycles. The standard InChI is InChI=1S/C6H9N3S/c1-8-3-2-5-4-9-6(7)10-5/h2-4,8H,1H3,(H2,7,9)/b3-2+. The molecule has 0 aliphatic rings. The topological polar surface area (TPSA) is 50.9 Å². The second kappa shape index (κ2) is 3.22. The number of thiazole rings is 1. The number of rotatable bonds is 2. The van der Waals surface area contributed by atoms with Crippen LogP contribution in [0.3, 0.4) is 0 Å². The molecule has 1 rings (SSSR count). The summed E-state index contributed by atoms with van der Waals surface area (Å²) in [7, 11) is 1.85. The lowest BCUT2D eigenvalue weighted by Crippen LogP contribution is -1.89. The van der Waals surface area contributed by atoms with Gasteiger partial charge in [0.1, 0.15) is 0 Å². The third-order valence-electron chi connectivity index (χ3n) is 0.956. The van der Waals surface area contributed by atoms with Crippen LogP contribution in [0.15, 0.2) is 12.4 Å². The lowest BCUT2D eigenvalue weighted by atomic mass is 10.5. The minimum absolute atomic E-state index is 0.607. The molecule has 0 saturated heterocycles. The first kappa shape index (κ1) is 7.08. The fraction of sp³-hybridized carbons (Fsp3) is 0.167. The molecular weight excluding hydrogens is 146 g/mol. The Hall–Kier alpha value is -1.03. The molecule has 1 aromatic rings. The molecule has 0 atom stereocenters. The van der Waals surface area contributed by atoms with Gasteiger partial charge >= 0.3 is 0 Å². The molecule has 0 bridgehead atoms. The lowest BCUT2D eigenvalue weighted by Gasteiger charge is -1.82. The van der Waals surface area contributed by atoms with Gasteiger partial charge in [-0.2, -0.15) is 0 Å². The summed E-state index contributed by atoms with van der Waals surface area (Å²) in [6.07, 6.45) is 5.51. The van der Waals surface area contributed by atoms with Gasteiger partial charge in [-0.15, -0.1) is 0 Å². The van der Waals surface area contributed by atoms with Crippen molar-refractivity contribution in [2.45, 2.75) is 0 Å². The molecule has 54 valence electrons. The number of hydrogen-bond acceptors (Lipinski definition) is 4. The Morgan fingerprint density at radius 3 is 3.10 bits per heavy atom. The summed E-state index contributed by atoms with van der Waals surface area (Å²) in [5.41, 5.74) is 5.40. The normalized spacial score (nSPS) is 10.5. The first-order chi connectivity index (χ1) is 4.83. The molecule has 0 amide bonds. The Balaban J connectivity index is 2.67. The molecule has 0 aliphatic carbocycles. The average Bonchev–Trinajstić information content (AvgIpc) is 2.31. The van der Waals surface area contributed by atoms with Crippen LogP contribution < -0.4 is 11.1 Å². The lowest BCUT2D eigenvalue weighted by molar-refractivity contribution is 1.11. The highest BCUT2D eigenvalue weighted by atomic mass is 32.1. The zero-order chi connectivity index (χ0) is 7.40. The fourth-order valence-electron chi connectivity index (χ4n) is 0.543. The number of nitrogen functional groups attached to an aromatic ring is 1. The predicted octanol–water partition coefficient (Wildman–Crippen LogP) is 0.915. The minimum atomic E-state index is 0.607. The summed E-state index contributed by atoms with van der Waals surface area (Å²) in [4.78, 5) is 4.95. The molecular formula is C6H9N3S. The number of anilines is 1. The van der Waals surface area contributed by atoms with E-state index in [4.69, 9.17) is 5.73 Å². The third kappa shape index (κ3) is 1.73. The molecule has 0 spiro atoms. The molecule has 3 nitrogen and oxygen atoms in total. The predicted molar refractivity (Wildman–Crippen MR) is 44.6 cm³/mol. The second-order valence-electron chi connectivity index (χ2n) is 1.72. The van der Waals surface area contributed by atoms with Crippen molar-refractivity contribution in [1.29, 1.82) is 0 Å². The van der Waals surface area contributed by atoms with E-state index >= 15 is 0 Å². The van der Waals surface area contributed by atoms with E-state index in [1.807, 2.05) is 19.3 Å². The summed E-state index contributed by atoms with van der Waals surface area (Å²) in [5.74, 6) is 0. The molecule has 3 N–H and O–H groups in total. The average molecular weight is 155 g/mol. The molecule has 4 heteroatoms. The molecule has 0 saturated carbocycles. The summed E-state index contributed by atoms with van der Waals surface area (Å²) in [6, 6.07) is 0. The fourth-order valence-corrected chi connectivity index (χ4v) is 1.13. The quantitative estimate of drug-likeness (QED) is 0.667. The highest BCUT2D eigenvalue weighted by molar-refractivity contribution is 7.16. The van der Waals surface area contributed by atoms with Crippen molar-refractivity contribution < 1.29 is 0 Å². The summed E-state index contributed by atoms with van der Waals surface area (Å²) >= 11 is 1.47. The van der Waals surface area contributed by atoms with Crippen LogP contribution in [-0.4, -0.2) is 12.0 Å². The Kier molecular flexibility index (Phi) is 2.28. The van der Waals surface area contributed by atoms with Gasteiger partial charge in [-0.1, -0.05) is 11.3 Å². The Morgan fingerprint density at radius 1 is 1.80 bits per heavy atom. The molecule has 1 aromatic heterocycles. The van der Waals surface area contributed by atoms with Crippen LogP contribution in [0, 0.1) is 0 Å². The Bertz CT molecular complexity index is 229. The van der Waals surface area contributed by atoms with Gasteiger partial charge in [-0.25, -0.2) is 4.98 Å². The van der Waals surface area contributed by atoms with Gasteiger partial charge in [0.25, 0.3) is 0 Å². The van der Waals surface area contributed by atoms with E-state index in [-0.39, 0.29) is 0 Å². The Labute approximate surface area is 63.6 Å². The van der Waals surface area contributed by atoms with Crippen molar-refractivity contribution in [3.8, 4) is 0 Å². The first-order valence-corrected chi connectivity index (χ1v) is 3.69. The summed E-state index contributed by atoms with van der Waals surface area (Å²) < 4.78 is 0. The van der Waals surface area contributed by atoms with E-state index < -0.39 is 0 Å². The smallest absolute Gasteiger partial charge is 0.180 e. The van der Waals surface area contributed by atoms with Crippen LogP contribution in [0.4, 0.5) is 5.13 Å². The maximum absolute atomic E-state index is 5.40. The molecule has 0 aliphatic heterocycles. The van der Waals surface area contributed by atoms with Gasteiger partial charge in [-0.3, -0.25) is 0 Å². The van der Waals surface area contributed by atoms with Crippen LogP contribution in [0.25, 0.3) is 6.08 Å². The van der Waals surface area contributed by atoms with E-state index in [1.165, 1.54) is 11.3 Å². The van der Waals surface area contributed by atoms with Crippen molar-refractivity contribution in [3.05, 3.63) is 17.3 Å². The van der Waals surface area contributed by atoms with E-state index in [0.717, 1.165) is 4.88 Å². The second-order valence-corrected chi connectivity index (χ2v) is 2.82. The number of nitrogens with zero attached hydrogens (tertiary/aromatic N) is 1. The summed E-state index contributed by atoms with van der Waals surface area (Å²) in [6.45, 7) is 0. The third-order valence-corrected chi connectivity index (χ3v) is 1.75.